The first-order valence-electron chi connectivity index (χ1n) is 5.08. The molecule has 3 aromatic rings. The lowest BCUT2D eigenvalue weighted by Crippen LogP contribution is -1.88. The van der Waals surface area contributed by atoms with E-state index in [1.807, 2.05) is 24.9 Å². The van der Waals surface area contributed by atoms with Crippen LogP contribution in [-0.2, 0) is 7.05 Å². The lowest BCUT2D eigenvalue weighted by Gasteiger charge is -1.97. The van der Waals surface area contributed by atoms with Crippen LogP contribution in [0.1, 0.15) is 5.69 Å². The quantitative estimate of drug-likeness (QED) is 0.642. The molecule has 0 spiro atoms. The summed E-state index contributed by atoms with van der Waals surface area (Å²) in [6, 6.07) is 6.33. The van der Waals surface area contributed by atoms with Gasteiger partial charge in [0.25, 0.3) is 0 Å². The number of fused-ring (bicyclic) bond motifs is 1. The van der Waals surface area contributed by atoms with Gasteiger partial charge in [-0.15, -0.1) is 11.3 Å². The topological polar surface area (TPSA) is 30.7 Å². The molecule has 80 valence electrons. The van der Waals surface area contributed by atoms with Gasteiger partial charge >= 0.3 is 0 Å². The van der Waals surface area contributed by atoms with E-state index >= 15 is 0 Å². The van der Waals surface area contributed by atoms with Crippen molar-refractivity contribution >= 4 is 22.2 Å². The van der Waals surface area contributed by atoms with E-state index < -0.39 is 0 Å². The van der Waals surface area contributed by atoms with Crippen molar-refractivity contribution in [3.8, 4) is 10.6 Å². The molecule has 0 bridgehead atoms. The average molecular weight is 229 g/mol. The second kappa shape index (κ2) is 3.42. The fourth-order valence-corrected chi connectivity index (χ4v) is 2.58. The van der Waals surface area contributed by atoms with Crippen molar-refractivity contribution in [2.45, 2.75) is 6.92 Å². The highest BCUT2D eigenvalue weighted by molar-refractivity contribution is 7.13. The smallest absolute Gasteiger partial charge is 0.123 e. The third-order valence-corrected chi connectivity index (χ3v) is 3.62. The van der Waals surface area contributed by atoms with Crippen LogP contribution in [0.15, 0.2) is 29.8 Å². The van der Waals surface area contributed by atoms with Crippen LogP contribution in [0, 0.1) is 6.92 Å². The number of aromatic nitrogens is 3. The van der Waals surface area contributed by atoms with Crippen LogP contribution in [-0.4, -0.2) is 14.8 Å². The van der Waals surface area contributed by atoms with Crippen molar-refractivity contribution in [1.82, 2.24) is 14.8 Å². The summed E-state index contributed by atoms with van der Waals surface area (Å²) < 4.78 is 1.88. The molecule has 3 nitrogen and oxygen atoms in total. The molecule has 1 aromatic carbocycles. The zero-order chi connectivity index (χ0) is 11.1. The van der Waals surface area contributed by atoms with Crippen molar-refractivity contribution in [2.75, 3.05) is 0 Å². The molecule has 2 aromatic heterocycles. The van der Waals surface area contributed by atoms with Gasteiger partial charge in [-0.25, -0.2) is 4.98 Å². The highest BCUT2D eigenvalue weighted by Gasteiger charge is 2.05. The highest BCUT2D eigenvalue weighted by atomic mass is 32.1. The van der Waals surface area contributed by atoms with Crippen LogP contribution < -0.4 is 0 Å². The highest BCUT2D eigenvalue weighted by Crippen LogP contribution is 2.26. The number of hydrogen-bond donors (Lipinski definition) is 0. The molecule has 0 aliphatic heterocycles. The largest absolute Gasteiger partial charge is 0.268 e. The second-order valence-electron chi connectivity index (χ2n) is 3.84. The molecule has 0 saturated carbocycles. The number of thiazole rings is 1. The molecule has 4 heteroatoms. The number of rotatable bonds is 1. The monoisotopic (exact) mass is 229 g/mol. The van der Waals surface area contributed by atoms with E-state index in [-0.39, 0.29) is 0 Å². The molecule has 0 unspecified atom stereocenters. The summed E-state index contributed by atoms with van der Waals surface area (Å²) in [5.41, 5.74) is 3.39. The Morgan fingerprint density at radius 3 is 2.94 bits per heavy atom. The van der Waals surface area contributed by atoms with E-state index in [9.17, 15) is 0 Å². The fourth-order valence-electron chi connectivity index (χ4n) is 1.78. The van der Waals surface area contributed by atoms with E-state index in [1.54, 1.807) is 11.3 Å². The summed E-state index contributed by atoms with van der Waals surface area (Å²) in [7, 11) is 1.95. The number of hydrogen-bond acceptors (Lipinski definition) is 3. The van der Waals surface area contributed by atoms with E-state index in [0.29, 0.717) is 0 Å². The number of benzene rings is 1. The predicted octanol–water partition coefficient (Wildman–Crippen LogP) is 3.01. The maximum absolute atomic E-state index is 4.49. The van der Waals surface area contributed by atoms with Crippen molar-refractivity contribution in [1.29, 1.82) is 0 Å². The summed E-state index contributed by atoms with van der Waals surface area (Å²) >= 11 is 1.68. The minimum absolute atomic E-state index is 1.07. The zero-order valence-corrected chi connectivity index (χ0v) is 9.95. The SMILES string of the molecule is Cc1csc(-c2ccc3c(cnn3C)c2)n1. The Hall–Kier alpha value is -1.68. The molecule has 0 radical (unpaired) electrons. The Balaban J connectivity index is 2.18. The summed E-state index contributed by atoms with van der Waals surface area (Å²) in [5, 5.41) is 8.54. The van der Waals surface area contributed by atoms with Crippen LogP contribution in [0.25, 0.3) is 21.5 Å². The van der Waals surface area contributed by atoms with Crippen LogP contribution in [0.3, 0.4) is 0 Å². The van der Waals surface area contributed by atoms with Crippen LogP contribution in [0.2, 0.25) is 0 Å². The Bertz CT molecular complexity index is 651. The molecule has 2 heterocycles. The van der Waals surface area contributed by atoms with E-state index in [2.05, 4.69) is 33.7 Å². The van der Waals surface area contributed by atoms with E-state index in [0.717, 1.165) is 21.6 Å². The lowest BCUT2D eigenvalue weighted by molar-refractivity contribution is 0.797. The van der Waals surface area contributed by atoms with E-state index in [4.69, 9.17) is 0 Å². The zero-order valence-electron chi connectivity index (χ0n) is 9.14. The fraction of sp³-hybridized carbons (Fsp3) is 0.167. The van der Waals surface area contributed by atoms with Crippen molar-refractivity contribution in [2.24, 2.45) is 7.05 Å². The predicted molar refractivity (Wildman–Crippen MR) is 66.6 cm³/mol. The molecule has 3 rings (SSSR count). The molecule has 0 atom stereocenters. The molecule has 0 aliphatic carbocycles. The minimum Gasteiger partial charge on any atom is -0.268 e. The van der Waals surface area contributed by atoms with Gasteiger partial charge in [0, 0.05) is 29.1 Å². The maximum Gasteiger partial charge on any atom is 0.123 e. The summed E-state index contributed by atoms with van der Waals surface area (Å²) in [6.07, 6.45) is 1.89. The minimum atomic E-state index is 1.07. The Labute approximate surface area is 97.4 Å². The summed E-state index contributed by atoms with van der Waals surface area (Å²) in [5.74, 6) is 0. The molecular formula is C12H11N3S. The van der Waals surface area contributed by atoms with Gasteiger partial charge in [-0.05, 0) is 25.1 Å². The Morgan fingerprint density at radius 1 is 1.31 bits per heavy atom. The molecular weight excluding hydrogens is 218 g/mol. The molecule has 0 N–H and O–H groups in total. The maximum atomic E-state index is 4.49. The lowest BCUT2D eigenvalue weighted by atomic mass is 10.2. The van der Waals surface area contributed by atoms with Gasteiger partial charge in [-0.1, -0.05) is 0 Å². The third-order valence-electron chi connectivity index (χ3n) is 2.61. The van der Waals surface area contributed by atoms with Crippen LogP contribution in [0.4, 0.5) is 0 Å². The third kappa shape index (κ3) is 1.42. The molecule has 0 saturated heterocycles. The van der Waals surface area contributed by atoms with Gasteiger partial charge < -0.3 is 0 Å². The Morgan fingerprint density at radius 2 is 2.19 bits per heavy atom. The van der Waals surface area contributed by atoms with Crippen LogP contribution in [0.5, 0.6) is 0 Å². The Kier molecular flexibility index (Phi) is 2.04. The first kappa shape index (κ1) is 9.54. The molecule has 0 amide bonds. The van der Waals surface area contributed by atoms with Gasteiger partial charge in [0.1, 0.15) is 5.01 Å². The van der Waals surface area contributed by atoms with Gasteiger partial charge in [0.05, 0.1) is 11.7 Å². The molecule has 0 fully saturated rings. The number of nitrogens with zero attached hydrogens (tertiary/aromatic N) is 3. The van der Waals surface area contributed by atoms with Crippen LogP contribution >= 0.6 is 11.3 Å². The molecule has 0 aliphatic rings. The van der Waals surface area contributed by atoms with Gasteiger partial charge in [-0.2, -0.15) is 5.10 Å². The van der Waals surface area contributed by atoms with Crippen molar-refractivity contribution in [3.05, 3.63) is 35.5 Å². The van der Waals surface area contributed by atoms with Crippen molar-refractivity contribution in [3.63, 3.8) is 0 Å². The second-order valence-corrected chi connectivity index (χ2v) is 4.69. The van der Waals surface area contributed by atoms with Gasteiger partial charge in [0.15, 0.2) is 0 Å². The first-order valence-corrected chi connectivity index (χ1v) is 5.96. The normalized spacial score (nSPS) is 11.1. The number of aryl methyl sites for hydroxylation is 2. The van der Waals surface area contributed by atoms with Crippen molar-refractivity contribution < 1.29 is 0 Å². The first-order chi connectivity index (χ1) is 7.74. The van der Waals surface area contributed by atoms with Gasteiger partial charge in [0.2, 0.25) is 0 Å². The summed E-state index contributed by atoms with van der Waals surface area (Å²) in [6.45, 7) is 2.02. The molecule has 16 heavy (non-hydrogen) atoms. The van der Waals surface area contributed by atoms with E-state index in [1.165, 1.54) is 5.56 Å². The average Bonchev–Trinajstić information content (AvgIpc) is 2.86. The van der Waals surface area contributed by atoms with Gasteiger partial charge in [-0.3, -0.25) is 4.68 Å². The standard InChI is InChI=1S/C12H11N3S/c1-8-7-16-12(14-8)9-3-4-11-10(5-9)6-13-15(11)2/h3-7H,1-2H3. The summed E-state index contributed by atoms with van der Waals surface area (Å²) in [4.78, 5) is 4.49.